The number of fused-ring (bicyclic) bond motifs is 2. The van der Waals surface area contributed by atoms with Crippen LogP contribution in [0.2, 0.25) is 0 Å². The smallest absolute Gasteiger partial charge is 0.0719 e. The molecule has 0 saturated carbocycles. The van der Waals surface area contributed by atoms with E-state index in [0.717, 1.165) is 13.2 Å². The molecule has 2 unspecified atom stereocenters. The van der Waals surface area contributed by atoms with E-state index in [2.05, 4.69) is 4.90 Å². The summed E-state index contributed by atoms with van der Waals surface area (Å²) in [4.78, 5) is 2.29. The van der Waals surface area contributed by atoms with Gasteiger partial charge in [0.25, 0.3) is 0 Å². The SMILES string of the molecule is NCN1CC2CC1CO2. The molecule has 3 heteroatoms. The number of rotatable bonds is 1. The molecule has 2 saturated heterocycles. The molecular weight excluding hydrogens is 116 g/mol. The van der Waals surface area contributed by atoms with Crippen molar-refractivity contribution in [1.29, 1.82) is 0 Å². The second-order valence-electron chi connectivity index (χ2n) is 2.80. The molecular formula is C6H12N2O. The van der Waals surface area contributed by atoms with E-state index in [0.29, 0.717) is 18.8 Å². The second-order valence-corrected chi connectivity index (χ2v) is 2.80. The van der Waals surface area contributed by atoms with E-state index in [9.17, 15) is 0 Å². The summed E-state index contributed by atoms with van der Waals surface area (Å²) in [5.41, 5.74) is 5.49. The lowest BCUT2D eigenvalue weighted by Gasteiger charge is -2.24. The highest BCUT2D eigenvalue weighted by Crippen LogP contribution is 2.26. The number of morpholine rings is 1. The Morgan fingerprint density at radius 2 is 2.56 bits per heavy atom. The van der Waals surface area contributed by atoms with Crippen LogP contribution in [0.4, 0.5) is 0 Å². The highest BCUT2D eigenvalue weighted by atomic mass is 16.5. The van der Waals surface area contributed by atoms with Crippen LogP contribution in [0.5, 0.6) is 0 Å². The van der Waals surface area contributed by atoms with Gasteiger partial charge in [0.1, 0.15) is 0 Å². The Kier molecular flexibility index (Phi) is 1.22. The molecule has 0 radical (unpaired) electrons. The van der Waals surface area contributed by atoms with Gasteiger partial charge in [-0.2, -0.15) is 0 Å². The Morgan fingerprint density at radius 3 is 2.89 bits per heavy atom. The average Bonchev–Trinajstić information content (AvgIpc) is 2.45. The van der Waals surface area contributed by atoms with Crippen LogP contribution in [-0.2, 0) is 4.74 Å². The van der Waals surface area contributed by atoms with Gasteiger partial charge in [0.2, 0.25) is 0 Å². The molecule has 2 aliphatic heterocycles. The molecule has 9 heavy (non-hydrogen) atoms. The third-order valence-corrected chi connectivity index (χ3v) is 2.25. The maximum absolute atomic E-state index is 5.49. The minimum Gasteiger partial charge on any atom is -0.375 e. The lowest BCUT2D eigenvalue weighted by molar-refractivity contribution is 0.0317. The Hall–Kier alpha value is -0.120. The zero-order valence-electron chi connectivity index (χ0n) is 5.42. The first-order valence-electron chi connectivity index (χ1n) is 3.46. The van der Waals surface area contributed by atoms with E-state index in [1.165, 1.54) is 6.42 Å². The van der Waals surface area contributed by atoms with Gasteiger partial charge in [0.05, 0.1) is 12.7 Å². The van der Waals surface area contributed by atoms with Crippen molar-refractivity contribution in [2.75, 3.05) is 19.8 Å². The number of hydrogen-bond acceptors (Lipinski definition) is 3. The van der Waals surface area contributed by atoms with E-state index in [1.54, 1.807) is 0 Å². The molecule has 0 aliphatic carbocycles. The lowest BCUT2D eigenvalue weighted by Crippen LogP contribution is -2.40. The van der Waals surface area contributed by atoms with Crippen LogP contribution >= 0.6 is 0 Å². The Bertz CT molecular complexity index is 118. The summed E-state index contributed by atoms with van der Waals surface area (Å²) in [6, 6.07) is 0.639. The highest BCUT2D eigenvalue weighted by molar-refractivity contribution is 4.90. The van der Waals surface area contributed by atoms with Crippen LogP contribution in [0.1, 0.15) is 6.42 Å². The summed E-state index contributed by atoms with van der Waals surface area (Å²) in [7, 11) is 0. The zero-order chi connectivity index (χ0) is 6.27. The molecule has 0 aromatic heterocycles. The molecule has 0 aromatic carbocycles. The summed E-state index contributed by atoms with van der Waals surface area (Å²) in [5, 5.41) is 0. The molecule has 2 heterocycles. The molecule has 2 aliphatic rings. The summed E-state index contributed by atoms with van der Waals surface area (Å²) in [5.74, 6) is 0. The number of ether oxygens (including phenoxy) is 1. The molecule has 0 spiro atoms. The number of nitrogens with two attached hydrogens (primary N) is 1. The van der Waals surface area contributed by atoms with Crippen LogP contribution in [0, 0.1) is 0 Å². The molecule has 2 N–H and O–H groups in total. The van der Waals surface area contributed by atoms with Crippen LogP contribution in [0.25, 0.3) is 0 Å². The monoisotopic (exact) mass is 128 g/mol. The fourth-order valence-corrected chi connectivity index (χ4v) is 1.70. The van der Waals surface area contributed by atoms with Gasteiger partial charge >= 0.3 is 0 Å². The first-order chi connectivity index (χ1) is 4.40. The van der Waals surface area contributed by atoms with Gasteiger partial charge < -0.3 is 10.5 Å². The molecule has 52 valence electrons. The standard InChI is InChI=1S/C6H12N2O/c7-4-8-2-6-1-5(8)3-9-6/h5-6H,1-4,7H2. The number of hydrogen-bond donors (Lipinski definition) is 1. The molecule has 2 rings (SSSR count). The molecule has 2 fully saturated rings. The van der Waals surface area contributed by atoms with Crippen molar-refractivity contribution in [2.45, 2.75) is 18.6 Å². The molecule has 0 amide bonds. The predicted octanol–water partition coefficient (Wildman–Crippen LogP) is -0.624. The fraction of sp³-hybridized carbons (Fsp3) is 1.00. The lowest BCUT2D eigenvalue weighted by atomic mass is 10.2. The van der Waals surface area contributed by atoms with Gasteiger partial charge in [0.15, 0.2) is 0 Å². The van der Waals surface area contributed by atoms with E-state index < -0.39 is 0 Å². The van der Waals surface area contributed by atoms with Gasteiger partial charge in [-0.25, -0.2) is 0 Å². The van der Waals surface area contributed by atoms with Crippen LogP contribution < -0.4 is 5.73 Å². The van der Waals surface area contributed by atoms with Crippen molar-refractivity contribution in [1.82, 2.24) is 4.90 Å². The average molecular weight is 128 g/mol. The molecule has 3 nitrogen and oxygen atoms in total. The van der Waals surface area contributed by atoms with E-state index in [-0.39, 0.29) is 0 Å². The first-order valence-corrected chi connectivity index (χ1v) is 3.46. The summed E-state index contributed by atoms with van der Waals surface area (Å²) in [6.45, 7) is 2.66. The largest absolute Gasteiger partial charge is 0.375 e. The number of likely N-dealkylation sites (tertiary alicyclic amines) is 1. The summed E-state index contributed by atoms with van der Waals surface area (Å²) in [6.07, 6.45) is 1.70. The van der Waals surface area contributed by atoms with Crippen LogP contribution in [0.15, 0.2) is 0 Å². The minimum atomic E-state index is 0.499. The van der Waals surface area contributed by atoms with Crippen molar-refractivity contribution >= 4 is 0 Å². The van der Waals surface area contributed by atoms with Crippen molar-refractivity contribution in [3.8, 4) is 0 Å². The van der Waals surface area contributed by atoms with Gasteiger partial charge in [0, 0.05) is 19.3 Å². The maximum atomic E-state index is 5.49. The van der Waals surface area contributed by atoms with Crippen LogP contribution in [0.3, 0.4) is 0 Å². The second kappa shape index (κ2) is 1.94. The third-order valence-electron chi connectivity index (χ3n) is 2.25. The van der Waals surface area contributed by atoms with E-state index in [4.69, 9.17) is 10.5 Å². The van der Waals surface area contributed by atoms with Gasteiger partial charge in [-0.15, -0.1) is 0 Å². The first kappa shape index (κ1) is 5.65. The quantitative estimate of drug-likeness (QED) is 0.511. The Labute approximate surface area is 54.8 Å². The predicted molar refractivity (Wildman–Crippen MR) is 33.9 cm³/mol. The third kappa shape index (κ3) is 0.764. The normalized spacial score (nSPS) is 42.3. The fourth-order valence-electron chi connectivity index (χ4n) is 1.70. The van der Waals surface area contributed by atoms with Gasteiger partial charge in [-0.1, -0.05) is 0 Å². The Morgan fingerprint density at radius 1 is 1.67 bits per heavy atom. The van der Waals surface area contributed by atoms with Crippen molar-refractivity contribution in [3.63, 3.8) is 0 Å². The molecule has 2 bridgehead atoms. The van der Waals surface area contributed by atoms with Gasteiger partial charge in [-0.3, -0.25) is 4.90 Å². The number of nitrogens with zero attached hydrogens (tertiary/aromatic N) is 1. The van der Waals surface area contributed by atoms with E-state index in [1.807, 2.05) is 0 Å². The summed E-state index contributed by atoms with van der Waals surface area (Å²) < 4.78 is 5.39. The Balaban J connectivity index is 2.01. The molecule has 2 atom stereocenters. The maximum Gasteiger partial charge on any atom is 0.0719 e. The highest BCUT2D eigenvalue weighted by Gasteiger charge is 2.37. The summed E-state index contributed by atoms with van der Waals surface area (Å²) >= 11 is 0. The molecule has 0 aromatic rings. The van der Waals surface area contributed by atoms with E-state index >= 15 is 0 Å². The van der Waals surface area contributed by atoms with Crippen molar-refractivity contribution < 1.29 is 4.74 Å². The topological polar surface area (TPSA) is 38.5 Å². The van der Waals surface area contributed by atoms with Crippen molar-refractivity contribution in [2.24, 2.45) is 5.73 Å². The minimum absolute atomic E-state index is 0.499. The zero-order valence-corrected chi connectivity index (χ0v) is 5.42. The van der Waals surface area contributed by atoms with Gasteiger partial charge in [-0.05, 0) is 6.42 Å². The van der Waals surface area contributed by atoms with Crippen LogP contribution in [-0.4, -0.2) is 36.9 Å². The van der Waals surface area contributed by atoms with Crippen molar-refractivity contribution in [3.05, 3.63) is 0 Å².